The predicted molar refractivity (Wildman–Crippen MR) is 85.2 cm³/mol. The van der Waals surface area contributed by atoms with Gasteiger partial charge in [-0.25, -0.2) is 0 Å². The normalized spacial score (nSPS) is 15.8. The number of piperidine rings is 1. The van der Waals surface area contributed by atoms with Crippen LogP contribution < -0.4 is 5.32 Å². The second-order valence-corrected chi connectivity index (χ2v) is 5.37. The van der Waals surface area contributed by atoms with Crippen LogP contribution in [0.1, 0.15) is 24.8 Å². The van der Waals surface area contributed by atoms with Gasteiger partial charge in [-0.05, 0) is 37.8 Å². The van der Waals surface area contributed by atoms with Crippen molar-refractivity contribution < 1.29 is 4.79 Å². The van der Waals surface area contributed by atoms with Gasteiger partial charge in [0.2, 0.25) is 5.91 Å². The number of carbonyl (C=O) groups is 1. The van der Waals surface area contributed by atoms with Gasteiger partial charge in [0.25, 0.3) is 0 Å². The quantitative estimate of drug-likeness (QED) is 0.905. The topological polar surface area (TPSA) is 32.3 Å². The minimum absolute atomic E-state index is 0. The maximum atomic E-state index is 11.9. The van der Waals surface area contributed by atoms with E-state index in [0.29, 0.717) is 12.3 Å². The molecule has 1 aromatic carbocycles. The molecule has 1 N–H and O–H groups in total. The van der Waals surface area contributed by atoms with Crippen molar-refractivity contribution in [2.45, 2.75) is 25.7 Å². The van der Waals surface area contributed by atoms with Crippen LogP contribution in [0.25, 0.3) is 0 Å². The van der Waals surface area contributed by atoms with Crippen molar-refractivity contribution in [1.29, 1.82) is 0 Å². The van der Waals surface area contributed by atoms with E-state index in [4.69, 9.17) is 0 Å². The number of likely N-dealkylation sites (tertiary alicyclic amines) is 1. The standard InChI is InChI=1S/C16H24N2O.ClH/c1-17-10-7-16(19)18-11-8-15(9-12-18)13-14-5-3-2-4-6-14;/h2-6,15,17H,7-13H2,1H3;1H. The number of nitrogens with one attached hydrogen (secondary N) is 1. The lowest BCUT2D eigenvalue weighted by Gasteiger charge is -2.32. The van der Waals surface area contributed by atoms with Gasteiger partial charge >= 0.3 is 0 Å². The number of halogens is 1. The number of benzene rings is 1. The summed E-state index contributed by atoms with van der Waals surface area (Å²) in [5.41, 5.74) is 1.42. The summed E-state index contributed by atoms with van der Waals surface area (Å²) in [6, 6.07) is 10.7. The molecule has 1 amide bonds. The predicted octanol–water partition coefficient (Wildman–Crippen LogP) is 2.50. The molecule has 0 saturated carbocycles. The first kappa shape index (κ1) is 17.0. The van der Waals surface area contributed by atoms with Crippen molar-refractivity contribution in [2.75, 3.05) is 26.7 Å². The average molecular weight is 297 g/mol. The summed E-state index contributed by atoms with van der Waals surface area (Å²) in [7, 11) is 1.89. The molecular weight excluding hydrogens is 272 g/mol. The van der Waals surface area contributed by atoms with Crippen LogP contribution in [0.4, 0.5) is 0 Å². The van der Waals surface area contributed by atoms with Gasteiger partial charge in [0.15, 0.2) is 0 Å². The summed E-state index contributed by atoms with van der Waals surface area (Å²) in [6.45, 7) is 2.64. The summed E-state index contributed by atoms with van der Waals surface area (Å²) in [6.07, 6.45) is 4.06. The van der Waals surface area contributed by atoms with Crippen molar-refractivity contribution in [1.82, 2.24) is 10.2 Å². The van der Waals surface area contributed by atoms with E-state index in [1.165, 1.54) is 5.56 Å². The molecule has 2 rings (SSSR count). The molecule has 3 nitrogen and oxygen atoms in total. The molecule has 1 saturated heterocycles. The Morgan fingerprint density at radius 3 is 2.50 bits per heavy atom. The Labute approximate surface area is 128 Å². The number of nitrogens with zero attached hydrogens (tertiary/aromatic N) is 1. The highest BCUT2D eigenvalue weighted by Gasteiger charge is 2.22. The highest BCUT2D eigenvalue weighted by Crippen LogP contribution is 2.21. The first-order valence-corrected chi connectivity index (χ1v) is 7.26. The third-order valence-electron chi connectivity index (χ3n) is 3.92. The molecular formula is C16H25ClN2O. The van der Waals surface area contributed by atoms with Crippen LogP contribution in [0.2, 0.25) is 0 Å². The van der Waals surface area contributed by atoms with Crippen molar-refractivity contribution >= 4 is 18.3 Å². The van der Waals surface area contributed by atoms with Gasteiger partial charge in [-0.3, -0.25) is 4.79 Å². The maximum Gasteiger partial charge on any atom is 0.223 e. The summed E-state index contributed by atoms with van der Waals surface area (Å²) in [5, 5.41) is 3.03. The SMILES string of the molecule is CNCCC(=O)N1CCC(Cc2ccccc2)CC1.Cl. The van der Waals surface area contributed by atoms with E-state index < -0.39 is 0 Å². The highest BCUT2D eigenvalue weighted by atomic mass is 35.5. The highest BCUT2D eigenvalue weighted by molar-refractivity contribution is 5.85. The molecule has 0 unspecified atom stereocenters. The molecule has 4 heteroatoms. The van der Waals surface area contributed by atoms with E-state index in [0.717, 1.165) is 44.8 Å². The van der Waals surface area contributed by atoms with Crippen LogP contribution in [-0.4, -0.2) is 37.5 Å². The molecule has 1 fully saturated rings. The summed E-state index contributed by atoms with van der Waals surface area (Å²) < 4.78 is 0. The smallest absolute Gasteiger partial charge is 0.223 e. The molecule has 0 atom stereocenters. The van der Waals surface area contributed by atoms with E-state index >= 15 is 0 Å². The number of rotatable bonds is 5. The fourth-order valence-electron chi connectivity index (χ4n) is 2.72. The Kier molecular flexibility index (Phi) is 7.63. The Balaban J connectivity index is 0.00000200. The second-order valence-electron chi connectivity index (χ2n) is 5.37. The monoisotopic (exact) mass is 296 g/mol. The lowest BCUT2D eigenvalue weighted by molar-refractivity contribution is -0.132. The van der Waals surface area contributed by atoms with E-state index in [1.807, 2.05) is 11.9 Å². The molecule has 1 aliphatic heterocycles. The molecule has 1 aliphatic rings. The van der Waals surface area contributed by atoms with Gasteiger partial charge < -0.3 is 10.2 Å². The molecule has 0 bridgehead atoms. The van der Waals surface area contributed by atoms with Gasteiger partial charge in [-0.1, -0.05) is 30.3 Å². The van der Waals surface area contributed by atoms with Gasteiger partial charge in [-0.15, -0.1) is 12.4 Å². The van der Waals surface area contributed by atoms with Gasteiger partial charge in [0.05, 0.1) is 0 Å². The molecule has 1 heterocycles. The molecule has 112 valence electrons. The zero-order valence-corrected chi connectivity index (χ0v) is 13.0. The summed E-state index contributed by atoms with van der Waals surface area (Å²) >= 11 is 0. The van der Waals surface area contributed by atoms with Crippen LogP contribution >= 0.6 is 12.4 Å². The maximum absolute atomic E-state index is 11.9. The summed E-state index contributed by atoms with van der Waals surface area (Å²) in [5.74, 6) is 1.03. The van der Waals surface area contributed by atoms with Crippen LogP contribution in [0.5, 0.6) is 0 Å². The van der Waals surface area contributed by atoms with Crippen molar-refractivity contribution in [3.05, 3.63) is 35.9 Å². The third kappa shape index (κ3) is 5.14. The van der Waals surface area contributed by atoms with Crippen LogP contribution in [0, 0.1) is 5.92 Å². The Morgan fingerprint density at radius 1 is 1.25 bits per heavy atom. The fourth-order valence-corrected chi connectivity index (χ4v) is 2.72. The Morgan fingerprint density at radius 2 is 1.90 bits per heavy atom. The molecule has 0 aliphatic carbocycles. The molecule has 20 heavy (non-hydrogen) atoms. The first-order valence-electron chi connectivity index (χ1n) is 7.26. The molecule has 1 aromatic rings. The average Bonchev–Trinajstić information content (AvgIpc) is 2.46. The van der Waals surface area contributed by atoms with Crippen molar-refractivity contribution in [3.63, 3.8) is 0 Å². The molecule has 0 aromatic heterocycles. The number of carbonyl (C=O) groups excluding carboxylic acids is 1. The summed E-state index contributed by atoms with van der Waals surface area (Å²) in [4.78, 5) is 13.9. The van der Waals surface area contributed by atoms with Crippen LogP contribution in [0.3, 0.4) is 0 Å². The number of hydrogen-bond donors (Lipinski definition) is 1. The van der Waals surface area contributed by atoms with Crippen LogP contribution in [0.15, 0.2) is 30.3 Å². The third-order valence-corrected chi connectivity index (χ3v) is 3.92. The lowest BCUT2D eigenvalue weighted by Crippen LogP contribution is -2.39. The molecule has 0 radical (unpaired) electrons. The fraction of sp³-hybridized carbons (Fsp3) is 0.562. The first-order chi connectivity index (χ1) is 9.29. The van der Waals surface area contributed by atoms with Crippen molar-refractivity contribution in [2.24, 2.45) is 5.92 Å². The zero-order chi connectivity index (χ0) is 13.5. The van der Waals surface area contributed by atoms with Gasteiger partial charge in [-0.2, -0.15) is 0 Å². The second kappa shape index (κ2) is 8.98. The Hall–Kier alpha value is -1.06. The minimum atomic E-state index is 0. The lowest BCUT2D eigenvalue weighted by atomic mass is 9.90. The van der Waals surface area contributed by atoms with Gasteiger partial charge in [0.1, 0.15) is 0 Å². The van der Waals surface area contributed by atoms with Crippen LogP contribution in [-0.2, 0) is 11.2 Å². The van der Waals surface area contributed by atoms with E-state index in [-0.39, 0.29) is 12.4 Å². The largest absolute Gasteiger partial charge is 0.343 e. The van der Waals surface area contributed by atoms with Crippen molar-refractivity contribution in [3.8, 4) is 0 Å². The Bertz CT molecular complexity index is 389. The van der Waals surface area contributed by atoms with Gasteiger partial charge in [0, 0.05) is 26.1 Å². The van der Waals surface area contributed by atoms with E-state index in [1.54, 1.807) is 0 Å². The van der Waals surface area contributed by atoms with E-state index in [9.17, 15) is 4.79 Å². The number of amides is 1. The number of hydrogen-bond acceptors (Lipinski definition) is 2. The van der Waals surface area contributed by atoms with E-state index in [2.05, 4.69) is 35.6 Å². The zero-order valence-electron chi connectivity index (χ0n) is 12.2. The minimum Gasteiger partial charge on any atom is -0.343 e. The molecule has 0 spiro atoms.